The molecule has 0 radical (unpaired) electrons. The second-order valence-corrected chi connectivity index (χ2v) is 6.53. The summed E-state index contributed by atoms with van der Waals surface area (Å²) < 4.78 is 5.61. The maximum atomic E-state index is 5.61. The van der Waals surface area contributed by atoms with Crippen LogP contribution in [0, 0.1) is 0 Å². The van der Waals surface area contributed by atoms with E-state index in [4.69, 9.17) is 4.74 Å². The van der Waals surface area contributed by atoms with Gasteiger partial charge in [-0.05, 0) is 45.7 Å². The first-order chi connectivity index (χ1) is 10.1. The molecule has 1 N–H and O–H groups in total. The van der Waals surface area contributed by atoms with Gasteiger partial charge >= 0.3 is 0 Å². The highest BCUT2D eigenvalue weighted by atomic mass is 16.5. The Balaban J connectivity index is 1.78. The molecule has 118 valence electrons. The lowest BCUT2D eigenvalue weighted by Gasteiger charge is -2.42. The number of hydrogen-bond donors (Lipinski definition) is 1. The number of benzene rings is 1. The van der Waals surface area contributed by atoms with Crippen LogP contribution >= 0.6 is 0 Å². The van der Waals surface area contributed by atoms with Gasteiger partial charge in [-0.2, -0.15) is 0 Å². The number of hydrogen-bond acceptors (Lipinski definition) is 3. The highest BCUT2D eigenvalue weighted by Crippen LogP contribution is 2.24. The minimum atomic E-state index is 0.0773. The number of rotatable bonds is 7. The first-order valence-corrected chi connectivity index (χ1v) is 8.25. The lowest BCUT2D eigenvalue weighted by Crippen LogP contribution is -2.56. The quantitative estimate of drug-likeness (QED) is 0.781. The molecule has 1 unspecified atom stereocenters. The molecule has 0 amide bonds. The van der Waals surface area contributed by atoms with Crippen LogP contribution in [-0.2, 0) is 10.3 Å². The fraction of sp³-hybridized carbons (Fsp3) is 0.667. The second-order valence-electron chi connectivity index (χ2n) is 6.53. The molecule has 1 saturated heterocycles. The second kappa shape index (κ2) is 7.92. The van der Waals surface area contributed by atoms with Crippen LogP contribution in [0.1, 0.15) is 39.2 Å². The van der Waals surface area contributed by atoms with Gasteiger partial charge in [0.25, 0.3) is 0 Å². The van der Waals surface area contributed by atoms with E-state index >= 15 is 0 Å². The summed E-state index contributed by atoms with van der Waals surface area (Å²) in [5.74, 6) is 0. The largest absolute Gasteiger partial charge is 0.379 e. The normalized spacial score (nSPS) is 23.6. The van der Waals surface area contributed by atoms with E-state index in [1.54, 1.807) is 0 Å². The predicted molar refractivity (Wildman–Crippen MR) is 88.6 cm³/mol. The predicted octanol–water partition coefficient (Wildman–Crippen LogP) is 3.01. The molecule has 0 bridgehead atoms. The molecule has 3 heteroatoms. The van der Waals surface area contributed by atoms with Crippen LogP contribution < -0.4 is 5.32 Å². The van der Waals surface area contributed by atoms with E-state index in [0.29, 0.717) is 6.10 Å². The molecule has 0 aliphatic carbocycles. The van der Waals surface area contributed by atoms with Crippen molar-refractivity contribution in [2.45, 2.75) is 45.3 Å². The maximum absolute atomic E-state index is 5.61. The third-order valence-corrected chi connectivity index (χ3v) is 4.21. The number of unbranched alkanes of at least 4 members (excludes halogenated alkanes) is 1. The van der Waals surface area contributed by atoms with Gasteiger partial charge in [0, 0.05) is 26.2 Å². The van der Waals surface area contributed by atoms with E-state index in [1.165, 1.54) is 18.5 Å². The molecule has 1 aromatic carbocycles. The summed E-state index contributed by atoms with van der Waals surface area (Å²) in [6.45, 7) is 11.9. The molecular weight excluding hydrogens is 260 g/mol. The Morgan fingerprint density at radius 2 is 2.00 bits per heavy atom. The van der Waals surface area contributed by atoms with Gasteiger partial charge in [0.2, 0.25) is 0 Å². The Morgan fingerprint density at radius 1 is 1.24 bits per heavy atom. The van der Waals surface area contributed by atoms with Crippen molar-refractivity contribution >= 4 is 0 Å². The van der Waals surface area contributed by atoms with Crippen molar-refractivity contribution in [3.05, 3.63) is 35.9 Å². The topological polar surface area (TPSA) is 24.5 Å². The van der Waals surface area contributed by atoms with E-state index in [-0.39, 0.29) is 5.54 Å². The van der Waals surface area contributed by atoms with Crippen molar-refractivity contribution in [3.63, 3.8) is 0 Å². The van der Waals surface area contributed by atoms with Crippen molar-refractivity contribution in [2.24, 2.45) is 0 Å². The summed E-state index contributed by atoms with van der Waals surface area (Å²) in [7, 11) is 0. The highest BCUT2D eigenvalue weighted by Gasteiger charge is 2.31. The Hall–Kier alpha value is -0.900. The molecule has 1 aromatic rings. The zero-order valence-corrected chi connectivity index (χ0v) is 13.8. The number of ether oxygens (including phenoxy) is 1. The number of nitrogens with one attached hydrogen (secondary N) is 1. The van der Waals surface area contributed by atoms with Gasteiger partial charge in [0.15, 0.2) is 0 Å². The summed E-state index contributed by atoms with van der Waals surface area (Å²) in [5.41, 5.74) is 1.46. The molecule has 0 saturated carbocycles. The van der Waals surface area contributed by atoms with Crippen LogP contribution in [0.15, 0.2) is 30.3 Å². The summed E-state index contributed by atoms with van der Waals surface area (Å²) in [6, 6.07) is 10.8. The molecule has 1 fully saturated rings. The Labute approximate surface area is 129 Å². The van der Waals surface area contributed by atoms with Crippen LogP contribution in [0.5, 0.6) is 0 Å². The van der Waals surface area contributed by atoms with Crippen LogP contribution in [0.4, 0.5) is 0 Å². The van der Waals surface area contributed by atoms with Crippen molar-refractivity contribution in [3.8, 4) is 0 Å². The van der Waals surface area contributed by atoms with Gasteiger partial charge in [-0.3, -0.25) is 4.90 Å². The molecule has 0 aromatic heterocycles. The van der Waals surface area contributed by atoms with Gasteiger partial charge in [-0.1, -0.05) is 30.3 Å². The maximum Gasteiger partial charge on any atom is 0.0535 e. The van der Waals surface area contributed by atoms with Crippen molar-refractivity contribution < 1.29 is 4.74 Å². The van der Waals surface area contributed by atoms with Crippen LogP contribution in [0.25, 0.3) is 0 Å². The van der Waals surface area contributed by atoms with Crippen LogP contribution in [0.3, 0.4) is 0 Å². The minimum absolute atomic E-state index is 0.0773. The standard InChI is InChI=1S/C18H30N2O/c1-16(2)21-14-8-7-12-20-13-11-19-18(3,15-20)17-9-5-4-6-10-17/h4-6,9-10,16,19H,7-8,11-15H2,1-3H3. The SMILES string of the molecule is CC(C)OCCCCN1CCNC(C)(c2ccccc2)C1. The molecule has 1 aliphatic rings. The third-order valence-electron chi connectivity index (χ3n) is 4.21. The van der Waals surface area contributed by atoms with Gasteiger partial charge in [0.05, 0.1) is 11.6 Å². The summed E-state index contributed by atoms with van der Waals surface area (Å²) in [5, 5.41) is 3.69. The number of nitrogens with zero attached hydrogens (tertiary/aromatic N) is 1. The van der Waals surface area contributed by atoms with Gasteiger partial charge < -0.3 is 10.1 Å². The molecule has 3 nitrogen and oxygen atoms in total. The van der Waals surface area contributed by atoms with Crippen molar-refractivity contribution in [1.82, 2.24) is 10.2 Å². The fourth-order valence-corrected chi connectivity index (χ4v) is 3.02. The van der Waals surface area contributed by atoms with Crippen molar-refractivity contribution in [1.29, 1.82) is 0 Å². The molecule has 1 aliphatic heterocycles. The Bertz CT molecular complexity index is 407. The number of piperazine rings is 1. The fourth-order valence-electron chi connectivity index (χ4n) is 3.02. The smallest absolute Gasteiger partial charge is 0.0535 e. The van der Waals surface area contributed by atoms with E-state index in [9.17, 15) is 0 Å². The van der Waals surface area contributed by atoms with E-state index < -0.39 is 0 Å². The van der Waals surface area contributed by atoms with Gasteiger partial charge in [0.1, 0.15) is 0 Å². The van der Waals surface area contributed by atoms with Crippen LogP contribution in [-0.4, -0.2) is 43.8 Å². The van der Waals surface area contributed by atoms with E-state index in [2.05, 4.69) is 61.3 Å². The molecule has 0 spiro atoms. The minimum Gasteiger partial charge on any atom is -0.379 e. The molecule has 1 heterocycles. The average molecular weight is 290 g/mol. The van der Waals surface area contributed by atoms with E-state index in [0.717, 1.165) is 32.7 Å². The van der Waals surface area contributed by atoms with Gasteiger partial charge in [-0.15, -0.1) is 0 Å². The molecule has 21 heavy (non-hydrogen) atoms. The molecule has 1 atom stereocenters. The zero-order valence-electron chi connectivity index (χ0n) is 13.8. The van der Waals surface area contributed by atoms with Crippen LogP contribution in [0.2, 0.25) is 0 Å². The summed E-state index contributed by atoms with van der Waals surface area (Å²) in [4.78, 5) is 2.58. The van der Waals surface area contributed by atoms with E-state index in [1.807, 2.05) is 0 Å². The lowest BCUT2D eigenvalue weighted by molar-refractivity contribution is 0.0718. The highest BCUT2D eigenvalue weighted by molar-refractivity contribution is 5.24. The first kappa shape index (κ1) is 16.5. The monoisotopic (exact) mass is 290 g/mol. The third kappa shape index (κ3) is 5.10. The zero-order chi connectivity index (χ0) is 15.1. The average Bonchev–Trinajstić information content (AvgIpc) is 2.48. The van der Waals surface area contributed by atoms with Gasteiger partial charge in [-0.25, -0.2) is 0 Å². The first-order valence-electron chi connectivity index (χ1n) is 8.25. The van der Waals surface area contributed by atoms with Crippen molar-refractivity contribution in [2.75, 3.05) is 32.8 Å². The Kier molecular flexibility index (Phi) is 6.22. The summed E-state index contributed by atoms with van der Waals surface area (Å²) in [6.07, 6.45) is 2.73. The molecular formula is C18H30N2O. The summed E-state index contributed by atoms with van der Waals surface area (Å²) >= 11 is 0. The Morgan fingerprint density at radius 3 is 2.71 bits per heavy atom. The lowest BCUT2D eigenvalue weighted by atomic mass is 9.89. The molecule has 2 rings (SSSR count).